The maximum Gasteiger partial charge on any atom is 0.192 e. The second-order valence-corrected chi connectivity index (χ2v) is 11.6. The summed E-state index contributed by atoms with van der Waals surface area (Å²) in [4.78, 5) is 4.39. The summed E-state index contributed by atoms with van der Waals surface area (Å²) in [6, 6.07) is 4.02. The Morgan fingerprint density at radius 2 is 1.88 bits per heavy atom. The highest BCUT2D eigenvalue weighted by Crippen LogP contribution is 2.39. The molecule has 0 aromatic carbocycles. The average molecular weight is 316 g/mol. The van der Waals surface area contributed by atoms with Gasteiger partial charge >= 0.3 is 0 Å². The highest BCUT2D eigenvalue weighted by Gasteiger charge is 2.38. The largest absolute Gasteiger partial charge is 0.409 e. The summed E-state index contributed by atoms with van der Waals surface area (Å²) in [5.41, 5.74) is 0.998. The summed E-state index contributed by atoms with van der Waals surface area (Å²) >= 11 is 3.39. The third-order valence-corrected chi connectivity index (χ3v) is 8.47. The Labute approximate surface area is 114 Å². The molecule has 0 bridgehead atoms. The van der Waals surface area contributed by atoms with Gasteiger partial charge in [0.25, 0.3) is 0 Å². The Morgan fingerprint density at radius 3 is 2.29 bits per heavy atom. The molecule has 1 aromatic rings. The van der Waals surface area contributed by atoms with Crippen LogP contribution >= 0.6 is 15.9 Å². The van der Waals surface area contributed by atoms with Crippen LogP contribution in [0.2, 0.25) is 18.1 Å². The molecule has 0 amide bonds. The van der Waals surface area contributed by atoms with E-state index < -0.39 is 8.32 Å². The van der Waals surface area contributed by atoms with Crippen LogP contribution in [-0.2, 0) is 4.43 Å². The Kier molecular flexibility index (Phi) is 4.55. The number of pyridine rings is 1. The molecule has 0 radical (unpaired) electrons. The van der Waals surface area contributed by atoms with E-state index in [4.69, 9.17) is 4.43 Å². The van der Waals surface area contributed by atoms with Crippen LogP contribution in [0.1, 0.15) is 39.5 Å². The molecular weight excluding hydrogens is 294 g/mol. The zero-order chi connectivity index (χ0) is 13.3. The lowest BCUT2D eigenvalue weighted by molar-refractivity contribution is 0.198. The van der Waals surface area contributed by atoms with Gasteiger partial charge in [-0.1, -0.05) is 20.8 Å². The van der Waals surface area contributed by atoms with Crippen molar-refractivity contribution in [1.82, 2.24) is 4.98 Å². The first-order chi connectivity index (χ1) is 7.63. The Hall–Kier alpha value is -0.193. The van der Waals surface area contributed by atoms with Crippen molar-refractivity contribution in [3.8, 4) is 0 Å². The molecule has 1 atom stereocenters. The Bertz CT molecular complexity index is 370. The van der Waals surface area contributed by atoms with Crippen LogP contribution in [0.25, 0.3) is 0 Å². The van der Waals surface area contributed by atoms with Gasteiger partial charge in [0.1, 0.15) is 0 Å². The predicted octanol–water partition coefficient (Wildman–Crippen LogP) is 4.93. The molecule has 4 heteroatoms. The molecule has 0 N–H and O–H groups in total. The molecule has 0 spiro atoms. The van der Waals surface area contributed by atoms with E-state index in [2.05, 4.69) is 61.7 Å². The van der Waals surface area contributed by atoms with Crippen LogP contribution in [0.5, 0.6) is 0 Å². The fourth-order valence-corrected chi connectivity index (χ4v) is 2.90. The van der Waals surface area contributed by atoms with Crippen LogP contribution in [0.4, 0.5) is 0 Å². The van der Waals surface area contributed by atoms with Crippen molar-refractivity contribution in [2.75, 3.05) is 0 Å². The van der Waals surface area contributed by atoms with Gasteiger partial charge in [0.05, 0.1) is 11.8 Å². The Morgan fingerprint density at radius 1 is 1.29 bits per heavy atom. The van der Waals surface area contributed by atoms with E-state index in [1.165, 1.54) is 0 Å². The zero-order valence-electron chi connectivity index (χ0n) is 11.5. The summed E-state index contributed by atoms with van der Waals surface area (Å²) in [6.45, 7) is 13.4. The molecule has 0 saturated carbocycles. The lowest BCUT2D eigenvalue weighted by Crippen LogP contribution is -2.41. The van der Waals surface area contributed by atoms with E-state index >= 15 is 0 Å². The Balaban J connectivity index is 2.79. The molecule has 0 unspecified atom stereocenters. The maximum atomic E-state index is 6.29. The van der Waals surface area contributed by atoms with Gasteiger partial charge in [0.2, 0.25) is 0 Å². The fourth-order valence-electron chi connectivity index (χ4n) is 1.31. The molecule has 0 aliphatic carbocycles. The van der Waals surface area contributed by atoms with Gasteiger partial charge < -0.3 is 4.43 Å². The smallest absolute Gasteiger partial charge is 0.192 e. The number of halogens is 1. The van der Waals surface area contributed by atoms with Crippen LogP contribution < -0.4 is 0 Å². The van der Waals surface area contributed by atoms with E-state index in [0.29, 0.717) is 0 Å². The number of hydrogen-bond donors (Lipinski definition) is 0. The van der Waals surface area contributed by atoms with Crippen molar-refractivity contribution in [3.63, 3.8) is 0 Å². The molecule has 17 heavy (non-hydrogen) atoms. The summed E-state index contributed by atoms with van der Waals surface area (Å²) in [5, 5.41) is 0.233. The lowest BCUT2D eigenvalue weighted by atomic mass is 10.2. The van der Waals surface area contributed by atoms with Crippen molar-refractivity contribution in [3.05, 3.63) is 28.5 Å². The summed E-state index contributed by atoms with van der Waals surface area (Å²) in [5.74, 6) is 0. The molecule has 0 aliphatic heterocycles. The first kappa shape index (κ1) is 14.9. The first-order valence-electron chi connectivity index (χ1n) is 5.93. The minimum Gasteiger partial charge on any atom is -0.409 e. The third-order valence-electron chi connectivity index (χ3n) is 3.44. The van der Waals surface area contributed by atoms with Crippen LogP contribution in [0, 0.1) is 0 Å². The van der Waals surface area contributed by atoms with Gasteiger partial charge in [-0.2, -0.15) is 0 Å². The van der Waals surface area contributed by atoms with Crippen molar-refractivity contribution < 1.29 is 4.43 Å². The second kappa shape index (κ2) is 5.20. The van der Waals surface area contributed by atoms with Gasteiger partial charge in [-0.3, -0.25) is 4.98 Å². The number of aromatic nitrogens is 1. The normalized spacial score (nSPS) is 14.8. The van der Waals surface area contributed by atoms with Crippen molar-refractivity contribution in [2.45, 2.75) is 51.9 Å². The topological polar surface area (TPSA) is 22.1 Å². The van der Waals surface area contributed by atoms with Gasteiger partial charge in [-0.15, -0.1) is 0 Å². The molecule has 96 valence electrons. The molecular formula is C13H22BrNOSi. The molecule has 1 rings (SSSR count). The van der Waals surface area contributed by atoms with E-state index in [-0.39, 0.29) is 11.1 Å². The van der Waals surface area contributed by atoms with Gasteiger partial charge in [0, 0.05) is 10.7 Å². The number of rotatable bonds is 3. The number of hydrogen-bond acceptors (Lipinski definition) is 2. The average Bonchev–Trinajstić information content (AvgIpc) is 2.16. The van der Waals surface area contributed by atoms with Crippen molar-refractivity contribution in [1.29, 1.82) is 0 Å². The van der Waals surface area contributed by atoms with E-state index in [9.17, 15) is 0 Å². The fraction of sp³-hybridized carbons (Fsp3) is 0.615. The quantitative estimate of drug-likeness (QED) is 0.738. The maximum absolute atomic E-state index is 6.29. The van der Waals surface area contributed by atoms with Crippen LogP contribution in [0.15, 0.2) is 22.8 Å². The highest BCUT2D eigenvalue weighted by molar-refractivity contribution is 9.10. The van der Waals surface area contributed by atoms with Crippen molar-refractivity contribution >= 4 is 24.2 Å². The molecule has 1 heterocycles. The lowest BCUT2D eigenvalue weighted by Gasteiger charge is -2.38. The highest BCUT2D eigenvalue weighted by atomic mass is 79.9. The third kappa shape index (κ3) is 3.90. The van der Waals surface area contributed by atoms with E-state index in [1.807, 2.05) is 18.3 Å². The standard InChI is InChI=1S/C13H22BrNOSi/c1-10(12-8-7-11(14)9-15-12)16-17(5,6)13(2,3)4/h7-10H,1-6H3/t10-/m1/s1. The van der Waals surface area contributed by atoms with Crippen molar-refractivity contribution in [2.24, 2.45) is 0 Å². The molecule has 0 fully saturated rings. The number of nitrogens with zero attached hydrogens (tertiary/aromatic N) is 1. The van der Waals surface area contributed by atoms with Gasteiger partial charge in [-0.25, -0.2) is 0 Å². The summed E-state index contributed by atoms with van der Waals surface area (Å²) in [6.07, 6.45) is 1.88. The molecule has 0 saturated heterocycles. The van der Waals surface area contributed by atoms with E-state index in [0.717, 1.165) is 10.2 Å². The minimum absolute atomic E-state index is 0.0593. The second-order valence-electron chi connectivity index (χ2n) is 5.92. The van der Waals surface area contributed by atoms with Crippen LogP contribution in [0.3, 0.4) is 0 Å². The minimum atomic E-state index is -1.72. The van der Waals surface area contributed by atoms with Crippen LogP contribution in [-0.4, -0.2) is 13.3 Å². The molecule has 2 nitrogen and oxygen atoms in total. The van der Waals surface area contributed by atoms with Gasteiger partial charge in [-0.05, 0) is 53.1 Å². The molecule has 0 aliphatic rings. The van der Waals surface area contributed by atoms with Gasteiger partial charge in [0.15, 0.2) is 8.32 Å². The molecule has 1 aromatic heterocycles. The monoisotopic (exact) mass is 315 g/mol. The van der Waals surface area contributed by atoms with E-state index in [1.54, 1.807) is 0 Å². The predicted molar refractivity (Wildman–Crippen MR) is 78.6 cm³/mol. The first-order valence-corrected chi connectivity index (χ1v) is 9.63. The zero-order valence-corrected chi connectivity index (χ0v) is 14.1. The summed E-state index contributed by atoms with van der Waals surface area (Å²) in [7, 11) is -1.72. The SMILES string of the molecule is C[C@@H](O[Si](C)(C)C(C)(C)C)c1ccc(Br)cn1. The summed E-state index contributed by atoms with van der Waals surface area (Å²) < 4.78 is 7.29.